The van der Waals surface area contributed by atoms with Gasteiger partial charge in [0, 0.05) is 17.8 Å². The molecule has 0 saturated heterocycles. The maximum absolute atomic E-state index is 4.15. The molecule has 0 bridgehead atoms. The smallest absolute Gasteiger partial charge is 0.167 e. The van der Waals surface area contributed by atoms with Crippen molar-refractivity contribution in [2.24, 2.45) is 5.92 Å². The first-order valence-corrected chi connectivity index (χ1v) is 8.41. The summed E-state index contributed by atoms with van der Waals surface area (Å²) in [7, 11) is 0. The molecule has 1 unspecified atom stereocenters. The lowest BCUT2D eigenvalue weighted by molar-refractivity contribution is 0.453. The molecule has 2 heterocycles. The molecule has 5 nitrogen and oxygen atoms in total. The summed E-state index contributed by atoms with van der Waals surface area (Å²) >= 11 is 5.24. The van der Waals surface area contributed by atoms with E-state index in [1.54, 1.807) is 11.3 Å². The third-order valence-electron chi connectivity index (χ3n) is 2.98. The van der Waals surface area contributed by atoms with Crippen LogP contribution >= 0.6 is 27.3 Å². The van der Waals surface area contributed by atoms with Gasteiger partial charge in [-0.1, -0.05) is 13.8 Å². The minimum Gasteiger partial charge on any atom is -0.307 e. The molecule has 0 amide bonds. The van der Waals surface area contributed by atoms with Crippen molar-refractivity contribution in [3.8, 4) is 0 Å². The molecule has 0 aliphatic carbocycles. The van der Waals surface area contributed by atoms with E-state index in [2.05, 4.69) is 69.7 Å². The number of hydrogen-bond donors (Lipinski definition) is 1. The van der Waals surface area contributed by atoms with Gasteiger partial charge in [0.25, 0.3) is 0 Å². The predicted octanol–water partition coefficient (Wildman–Crippen LogP) is 3.05. The van der Waals surface area contributed by atoms with E-state index in [-0.39, 0.29) is 6.04 Å². The standard InChI is InChI=1S/C13H20BrN5S/c1-9(2)8-15-10(3)13-16-17-18-19(13)7-6-11-4-5-12(14)20-11/h4-5,9-10,15H,6-8H2,1-3H3. The molecule has 0 saturated carbocycles. The molecule has 2 aromatic rings. The summed E-state index contributed by atoms with van der Waals surface area (Å²) < 4.78 is 3.06. The van der Waals surface area contributed by atoms with E-state index in [0.717, 1.165) is 29.1 Å². The average molecular weight is 358 g/mol. The molecule has 0 aliphatic rings. The van der Waals surface area contributed by atoms with Crippen LogP contribution < -0.4 is 5.32 Å². The van der Waals surface area contributed by atoms with E-state index < -0.39 is 0 Å². The molecule has 1 N–H and O–H groups in total. The normalized spacial score (nSPS) is 13.1. The quantitative estimate of drug-likeness (QED) is 0.827. The highest BCUT2D eigenvalue weighted by atomic mass is 79.9. The van der Waals surface area contributed by atoms with Crippen molar-refractivity contribution in [3.63, 3.8) is 0 Å². The minimum atomic E-state index is 0.169. The zero-order valence-corrected chi connectivity index (χ0v) is 14.4. The van der Waals surface area contributed by atoms with Crippen LogP contribution in [0, 0.1) is 5.92 Å². The minimum absolute atomic E-state index is 0.169. The number of nitrogens with one attached hydrogen (secondary N) is 1. The Labute approximate surface area is 131 Å². The Hall–Kier alpha value is -0.790. The highest BCUT2D eigenvalue weighted by molar-refractivity contribution is 9.11. The fourth-order valence-corrected chi connectivity index (χ4v) is 3.36. The molecule has 7 heteroatoms. The molecule has 110 valence electrons. The number of hydrogen-bond acceptors (Lipinski definition) is 5. The highest BCUT2D eigenvalue weighted by Gasteiger charge is 2.14. The van der Waals surface area contributed by atoms with Crippen LogP contribution in [0.3, 0.4) is 0 Å². The van der Waals surface area contributed by atoms with Crippen LogP contribution in [0.25, 0.3) is 0 Å². The van der Waals surface area contributed by atoms with Gasteiger partial charge in [-0.3, -0.25) is 0 Å². The topological polar surface area (TPSA) is 55.6 Å². The van der Waals surface area contributed by atoms with Gasteiger partial charge in [0.2, 0.25) is 0 Å². The Morgan fingerprint density at radius 2 is 2.15 bits per heavy atom. The number of tetrazole rings is 1. The van der Waals surface area contributed by atoms with Crippen molar-refractivity contribution in [2.75, 3.05) is 6.54 Å². The summed E-state index contributed by atoms with van der Waals surface area (Å²) in [6, 6.07) is 4.38. The zero-order valence-electron chi connectivity index (χ0n) is 12.0. The summed E-state index contributed by atoms with van der Waals surface area (Å²) in [5.41, 5.74) is 0. The number of rotatable bonds is 7. The molecule has 2 aromatic heterocycles. The second kappa shape index (κ2) is 7.28. The third kappa shape index (κ3) is 4.36. The van der Waals surface area contributed by atoms with Gasteiger partial charge in [-0.15, -0.1) is 16.4 Å². The van der Waals surface area contributed by atoms with Crippen molar-refractivity contribution in [2.45, 2.75) is 39.8 Å². The second-order valence-corrected chi connectivity index (χ2v) is 7.79. The van der Waals surface area contributed by atoms with Crippen LogP contribution in [0.2, 0.25) is 0 Å². The molecule has 1 atom stereocenters. The van der Waals surface area contributed by atoms with Gasteiger partial charge < -0.3 is 5.32 Å². The fraction of sp³-hybridized carbons (Fsp3) is 0.615. The maximum atomic E-state index is 4.15. The summed E-state index contributed by atoms with van der Waals surface area (Å²) in [6.07, 6.45) is 0.950. The van der Waals surface area contributed by atoms with Crippen LogP contribution in [0.5, 0.6) is 0 Å². The molecule has 0 radical (unpaired) electrons. The zero-order chi connectivity index (χ0) is 14.5. The molecule has 0 aromatic carbocycles. The summed E-state index contributed by atoms with van der Waals surface area (Å²) in [5.74, 6) is 1.52. The van der Waals surface area contributed by atoms with Crippen molar-refractivity contribution >= 4 is 27.3 Å². The van der Waals surface area contributed by atoms with Crippen LogP contribution in [0.1, 0.15) is 37.5 Å². The van der Waals surface area contributed by atoms with Gasteiger partial charge in [0.05, 0.1) is 9.83 Å². The van der Waals surface area contributed by atoms with Crippen molar-refractivity contribution in [3.05, 3.63) is 26.6 Å². The van der Waals surface area contributed by atoms with Gasteiger partial charge in [-0.25, -0.2) is 4.68 Å². The highest BCUT2D eigenvalue weighted by Crippen LogP contribution is 2.22. The van der Waals surface area contributed by atoms with Gasteiger partial charge >= 0.3 is 0 Å². The molecular weight excluding hydrogens is 338 g/mol. The number of aromatic nitrogens is 4. The van der Waals surface area contributed by atoms with E-state index in [0.29, 0.717) is 5.92 Å². The van der Waals surface area contributed by atoms with E-state index in [9.17, 15) is 0 Å². The lowest BCUT2D eigenvalue weighted by Gasteiger charge is -2.14. The molecular formula is C13H20BrN5S. The van der Waals surface area contributed by atoms with Gasteiger partial charge in [-0.2, -0.15) is 0 Å². The summed E-state index contributed by atoms with van der Waals surface area (Å²) in [5, 5.41) is 15.5. The van der Waals surface area contributed by atoms with Crippen molar-refractivity contribution < 1.29 is 0 Å². The van der Waals surface area contributed by atoms with Gasteiger partial charge in [0.1, 0.15) is 0 Å². The van der Waals surface area contributed by atoms with Crippen LogP contribution in [-0.4, -0.2) is 26.8 Å². The van der Waals surface area contributed by atoms with Crippen molar-refractivity contribution in [1.82, 2.24) is 25.5 Å². The lowest BCUT2D eigenvalue weighted by Crippen LogP contribution is -2.26. The summed E-state index contributed by atoms with van der Waals surface area (Å²) in [6.45, 7) is 8.26. The van der Waals surface area contributed by atoms with Gasteiger partial charge in [0.15, 0.2) is 5.82 Å². The second-order valence-electron chi connectivity index (χ2n) is 5.24. The third-order valence-corrected chi connectivity index (χ3v) is 4.66. The number of nitrogens with zero attached hydrogens (tertiary/aromatic N) is 4. The predicted molar refractivity (Wildman–Crippen MR) is 84.8 cm³/mol. The number of thiophene rings is 1. The molecule has 2 rings (SSSR count). The Kier molecular flexibility index (Phi) is 5.68. The Morgan fingerprint density at radius 1 is 1.35 bits per heavy atom. The van der Waals surface area contributed by atoms with Gasteiger partial charge in [-0.05, 0) is 57.9 Å². The molecule has 20 heavy (non-hydrogen) atoms. The van der Waals surface area contributed by atoms with E-state index in [1.165, 1.54) is 4.88 Å². The Bertz CT molecular complexity index is 536. The monoisotopic (exact) mass is 357 g/mol. The number of aryl methyl sites for hydroxylation is 2. The lowest BCUT2D eigenvalue weighted by atomic mass is 10.2. The first kappa shape index (κ1) is 15.6. The van der Waals surface area contributed by atoms with Crippen LogP contribution in [-0.2, 0) is 13.0 Å². The van der Waals surface area contributed by atoms with E-state index >= 15 is 0 Å². The molecule has 0 aliphatic heterocycles. The first-order chi connectivity index (χ1) is 9.56. The SMILES string of the molecule is CC(C)CNC(C)c1nnnn1CCc1ccc(Br)s1. The Balaban J connectivity index is 1.94. The number of halogens is 1. The van der Waals surface area contributed by atoms with Crippen LogP contribution in [0.4, 0.5) is 0 Å². The Morgan fingerprint density at radius 3 is 2.80 bits per heavy atom. The first-order valence-electron chi connectivity index (χ1n) is 6.80. The fourth-order valence-electron chi connectivity index (χ4n) is 1.89. The van der Waals surface area contributed by atoms with Crippen LogP contribution in [0.15, 0.2) is 15.9 Å². The van der Waals surface area contributed by atoms with E-state index in [4.69, 9.17) is 0 Å². The maximum Gasteiger partial charge on any atom is 0.167 e. The van der Waals surface area contributed by atoms with E-state index in [1.807, 2.05) is 4.68 Å². The average Bonchev–Trinajstić information content (AvgIpc) is 3.02. The largest absolute Gasteiger partial charge is 0.307 e. The molecule has 0 spiro atoms. The van der Waals surface area contributed by atoms with Crippen molar-refractivity contribution in [1.29, 1.82) is 0 Å². The summed E-state index contributed by atoms with van der Waals surface area (Å²) in [4.78, 5) is 1.33. The molecule has 0 fully saturated rings.